The highest BCUT2D eigenvalue weighted by Gasteiger charge is 2.31. The van der Waals surface area contributed by atoms with Crippen LogP contribution < -0.4 is 4.74 Å². The molecule has 5 rings (SSSR count). The van der Waals surface area contributed by atoms with E-state index in [1.54, 1.807) is 15.6 Å². The lowest BCUT2D eigenvalue weighted by atomic mass is 10.1. The van der Waals surface area contributed by atoms with Gasteiger partial charge in [0.1, 0.15) is 17.7 Å². The van der Waals surface area contributed by atoms with Crippen LogP contribution in [-0.2, 0) is 13.1 Å². The van der Waals surface area contributed by atoms with Crippen LogP contribution >= 0.6 is 11.6 Å². The van der Waals surface area contributed by atoms with Crippen LogP contribution in [0.3, 0.4) is 0 Å². The number of ether oxygens (including phenoxy) is 1. The summed E-state index contributed by atoms with van der Waals surface area (Å²) in [5.74, 6) is -0.317. The van der Waals surface area contributed by atoms with E-state index in [0.29, 0.717) is 40.8 Å². The summed E-state index contributed by atoms with van der Waals surface area (Å²) in [6.45, 7) is 4.42. The quantitative estimate of drug-likeness (QED) is 0.620. The average molecular weight is 444 g/mol. The zero-order chi connectivity index (χ0) is 21.7. The van der Waals surface area contributed by atoms with Gasteiger partial charge in [0, 0.05) is 24.7 Å². The average Bonchev–Trinajstić information content (AvgIpc) is 3.28. The summed E-state index contributed by atoms with van der Waals surface area (Å²) >= 11 is 6.15. The number of carbonyl (C=O) groups excluding carboxylic acids is 1. The van der Waals surface area contributed by atoms with Crippen molar-refractivity contribution in [1.29, 1.82) is 0 Å². The summed E-state index contributed by atoms with van der Waals surface area (Å²) in [5.41, 5.74) is 3.49. The smallest absolute Gasteiger partial charge is 0.258 e. The van der Waals surface area contributed by atoms with Crippen molar-refractivity contribution >= 4 is 23.2 Å². The monoisotopic (exact) mass is 443 g/mol. The van der Waals surface area contributed by atoms with Gasteiger partial charge in [-0.3, -0.25) is 4.79 Å². The second-order valence-corrected chi connectivity index (χ2v) is 8.70. The van der Waals surface area contributed by atoms with Crippen molar-refractivity contribution in [3.05, 3.63) is 57.8 Å². The Bertz CT molecular complexity index is 1170. The van der Waals surface area contributed by atoms with Crippen LogP contribution in [0.5, 0.6) is 5.75 Å². The molecule has 2 aromatic heterocycles. The maximum Gasteiger partial charge on any atom is 0.258 e. The molecule has 1 saturated heterocycles. The largest absolute Gasteiger partial charge is 0.489 e. The highest BCUT2D eigenvalue weighted by Crippen LogP contribution is 2.31. The van der Waals surface area contributed by atoms with Crippen molar-refractivity contribution in [2.75, 3.05) is 20.1 Å². The van der Waals surface area contributed by atoms with Crippen LogP contribution in [0.15, 0.2) is 24.4 Å². The Morgan fingerprint density at radius 2 is 2.03 bits per heavy atom. The molecule has 4 heterocycles. The Morgan fingerprint density at radius 1 is 1.26 bits per heavy atom. The Labute approximate surface area is 184 Å². The van der Waals surface area contributed by atoms with Crippen molar-refractivity contribution < 1.29 is 13.9 Å². The molecular weight excluding hydrogens is 421 g/mol. The minimum Gasteiger partial charge on any atom is -0.489 e. The number of rotatable bonds is 3. The van der Waals surface area contributed by atoms with E-state index in [4.69, 9.17) is 16.3 Å². The van der Waals surface area contributed by atoms with Crippen molar-refractivity contribution in [2.45, 2.75) is 39.0 Å². The van der Waals surface area contributed by atoms with Crippen LogP contribution in [0.2, 0.25) is 5.02 Å². The number of nitrogens with zero attached hydrogens (tertiary/aromatic N) is 5. The van der Waals surface area contributed by atoms with Crippen LogP contribution in [0, 0.1) is 12.7 Å². The lowest BCUT2D eigenvalue weighted by molar-refractivity contribution is 0.0732. The molecular formula is C22H23ClFN5O2. The van der Waals surface area contributed by atoms with Crippen molar-refractivity contribution in [3.63, 3.8) is 0 Å². The number of hydrogen-bond acceptors (Lipinski definition) is 5. The second-order valence-electron chi connectivity index (χ2n) is 8.29. The normalized spacial score (nSPS) is 17.4. The van der Waals surface area contributed by atoms with E-state index in [1.165, 1.54) is 18.2 Å². The number of amides is 1. The van der Waals surface area contributed by atoms with Gasteiger partial charge in [0.2, 0.25) is 0 Å². The lowest BCUT2D eigenvalue weighted by Crippen LogP contribution is -2.36. The van der Waals surface area contributed by atoms with E-state index < -0.39 is 5.82 Å². The topological polar surface area (TPSA) is 63.0 Å². The van der Waals surface area contributed by atoms with Gasteiger partial charge >= 0.3 is 0 Å². The summed E-state index contributed by atoms with van der Waals surface area (Å²) in [5, 5.41) is 5.08. The predicted molar refractivity (Wildman–Crippen MR) is 114 cm³/mol. The molecule has 1 amide bonds. The van der Waals surface area contributed by atoms with E-state index >= 15 is 0 Å². The van der Waals surface area contributed by atoms with E-state index in [-0.39, 0.29) is 12.0 Å². The molecule has 3 aromatic rings. The summed E-state index contributed by atoms with van der Waals surface area (Å²) < 4.78 is 21.7. The number of benzene rings is 1. The molecule has 162 valence electrons. The van der Waals surface area contributed by atoms with E-state index in [2.05, 4.69) is 22.0 Å². The van der Waals surface area contributed by atoms with Gasteiger partial charge in [0.15, 0.2) is 5.65 Å². The number of fused-ring (bicyclic) bond motifs is 3. The maximum absolute atomic E-state index is 14.0. The van der Waals surface area contributed by atoms with Crippen molar-refractivity contribution in [1.82, 2.24) is 24.4 Å². The van der Waals surface area contributed by atoms with Crippen molar-refractivity contribution in [3.8, 4) is 5.75 Å². The molecule has 0 bridgehead atoms. The highest BCUT2D eigenvalue weighted by molar-refractivity contribution is 6.31. The van der Waals surface area contributed by atoms with Crippen LogP contribution in [0.1, 0.15) is 40.2 Å². The molecule has 2 aliphatic rings. The number of carbonyl (C=O) groups is 1. The van der Waals surface area contributed by atoms with E-state index in [9.17, 15) is 9.18 Å². The van der Waals surface area contributed by atoms with Gasteiger partial charge in [-0.25, -0.2) is 13.9 Å². The fourth-order valence-electron chi connectivity index (χ4n) is 4.21. The summed E-state index contributed by atoms with van der Waals surface area (Å²) in [7, 11) is 2.07. The maximum atomic E-state index is 14.0. The van der Waals surface area contributed by atoms with Crippen LogP contribution in [0.4, 0.5) is 4.39 Å². The Hall–Kier alpha value is -2.71. The molecule has 9 heteroatoms. The highest BCUT2D eigenvalue weighted by atomic mass is 35.5. The first-order valence-electron chi connectivity index (χ1n) is 10.4. The van der Waals surface area contributed by atoms with Gasteiger partial charge in [-0.15, -0.1) is 0 Å². The van der Waals surface area contributed by atoms with Gasteiger partial charge in [0.25, 0.3) is 5.91 Å². The molecule has 0 unspecified atom stereocenters. The summed E-state index contributed by atoms with van der Waals surface area (Å²) in [6, 6.07) is 4.12. The number of aromatic nitrogens is 3. The minimum atomic E-state index is -0.418. The first kappa shape index (κ1) is 20.2. The molecule has 0 spiro atoms. The zero-order valence-corrected chi connectivity index (χ0v) is 18.2. The van der Waals surface area contributed by atoms with E-state index in [0.717, 1.165) is 37.2 Å². The molecule has 0 aliphatic carbocycles. The molecule has 7 nitrogen and oxygen atoms in total. The standard InChI is InChI=1S/C22H23ClFN5O2/c1-13-18(23)11-29-21(25-13)17-10-28(12-19(17)26-29)22(30)16-4-3-14(24)9-20(16)31-15-5-7-27(2)8-6-15/h3-4,9,11,15H,5-8,10,12H2,1-2H3. The zero-order valence-electron chi connectivity index (χ0n) is 17.4. The third-order valence-corrected chi connectivity index (χ3v) is 6.40. The molecule has 31 heavy (non-hydrogen) atoms. The Morgan fingerprint density at radius 3 is 2.81 bits per heavy atom. The predicted octanol–water partition coefficient (Wildman–Crippen LogP) is 3.46. The molecule has 0 N–H and O–H groups in total. The summed E-state index contributed by atoms with van der Waals surface area (Å²) in [6.07, 6.45) is 3.40. The summed E-state index contributed by atoms with van der Waals surface area (Å²) in [4.78, 5) is 21.8. The molecule has 0 radical (unpaired) electrons. The van der Waals surface area contributed by atoms with Gasteiger partial charge in [-0.05, 0) is 38.9 Å². The number of likely N-dealkylation sites (tertiary alicyclic amines) is 1. The molecule has 0 atom stereocenters. The number of piperidine rings is 1. The fraction of sp³-hybridized carbons (Fsp3) is 0.409. The molecule has 2 aliphatic heterocycles. The third kappa shape index (κ3) is 3.74. The van der Waals surface area contributed by atoms with Crippen LogP contribution in [-0.4, -0.2) is 56.5 Å². The van der Waals surface area contributed by atoms with E-state index in [1.807, 2.05) is 6.92 Å². The first-order valence-corrected chi connectivity index (χ1v) is 10.7. The molecule has 1 fully saturated rings. The SMILES string of the molecule is Cc1nc2c3c(nn2cc1Cl)CN(C(=O)c1ccc(F)cc1OC1CCN(C)CC1)C3. The fourth-order valence-corrected chi connectivity index (χ4v) is 4.34. The number of halogens is 2. The Balaban J connectivity index is 1.39. The number of hydrogen-bond donors (Lipinski definition) is 0. The number of aryl methyl sites for hydroxylation is 1. The lowest BCUT2D eigenvalue weighted by Gasteiger charge is -2.30. The molecule has 0 saturated carbocycles. The van der Waals surface area contributed by atoms with Gasteiger partial charge in [-0.1, -0.05) is 11.6 Å². The van der Waals surface area contributed by atoms with Gasteiger partial charge in [-0.2, -0.15) is 5.10 Å². The Kier molecular flexibility index (Phi) is 5.06. The first-order chi connectivity index (χ1) is 14.9. The van der Waals surface area contributed by atoms with Gasteiger partial charge < -0.3 is 14.5 Å². The third-order valence-electron chi connectivity index (χ3n) is 6.03. The van der Waals surface area contributed by atoms with Gasteiger partial charge in [0.05, 0.1) is 41.3 Å². The van der Waals surface area contributed by atoms with Crippen molar-refractivity contribution in [2.24, 2.45) is 0 Å². The van der Waals surface area contributed by atoms with Crippen LogP contribution in [0.25, 0.3) is 5.65 Å². The molecule has 1 aromatic carbocycles. The second kappa shape index (κ2) is 7.76. The minimum absolute atomic E-state index is 0.0264.